The van der Waals surface area contributed by atoms with E-state index >= 15 is 0 Å². The van der Waals surface area contributed by atoms with Gasteiger partial charge >= 0.3 is 0 Å². The van der Waals surface area contributed by atoms with Crippen LogP contribution in [0.4, 0.5) is 23.1 Å². The molecule has 0 bridgehead atoms. The van der Waals surface area contributed by atoms with E-state index in [-0.39, 0.29) is 0 Å². The Morgan fingerprint density at radius 1 is 0.963 bits per heavy atom. The van der Waals surface area contributed by atoms with Crippen molar-refractivity contribution in [1.82, 2.24) is 9.97 Å². The van der Waals surface area contributed by atoms with E-state index in [9.17, 15) is 0 Å². The third-order valence-electron chi connectivity index (χ3n) is 5.88. The monoisotopic (exact) mass is 365 g/mol. The average molecular weight is 366 g/mol. The second kappa shape index (κ2) is 8.59. The first kappa shape index (κ1) is 18.1. The largest absolute Gasteiger partial charge is 0.372 e. The average Bonchev–Trinajstić information content (AvgIpc) is 2.75. The van der Waals surface area contributed by atoms with Crippen LogP contribution in [-0.2, 0) is 0 Å². The minimum absolute atomic E-state index is 0.602. The molecule has 1 N–H and O–H groups in total. The number of rotatable bonds is 5. The third kappa shape index (κ3) is 4.34. The maximum absolute atomic E-state index is 4.80. The maximum Gasteiger partial charge on any atom is 0.229 e. The molecule has 0 spiro atoms. The van der Waals surface area contributed by atoms with Crippen molar-refractivity contribution in [3.8, 4) is 0 Å². The van der Waals surface area contributed by atoms with Crippen molar-refractivity contribution in [2.75, 3.05) is 34.8 Å². The number of hydrogen-bond donors (Lipinski definition) is 1. The molecule has 5 nitrogen and oxygen atoms in total. The van der Waals surface area contributed by atoms with Crippen LogP contribution in [0.1, 0.15) is 51.9 Å². The van der Waals surface area contributed by atoms with E-state index in [4.69, 9.17) is 4.98 Å². The fourth-order valence-electron chi connectivity index (χ4n) is 4.33. The van der Waals surface area contributed by atoms with Crippen LogP contribution in [0.5, 0.6) is 0 Å². The molecule has 2 aliphatic heterocycles. The highest BCUT2D eigenvalue weighted by Crippen LogP contribution is 2.27. The summed E-state index contributed by atoms with van der Waals surface area (Å²) in [5, 5.41) is 3.38. The van der Waals surface area contributed by atoms with Crippen molar-refractivity contribution in [1.29, 1.82) is 0 Å². The minimum Gasteiger partial charge on any atom is -0.372 e. The van der Waals surface area contributed by atoms with E-state index < -0.39 is 0 Å². The molecular weight excluding hydrogens is 334 g/mol. The lowest BCUT2D eigenvalue weighted by atomic mass is 10.0. The number of nitrogens with zero attached hydrogens (tertiary/aromatic N) is 4. The van der Waals surface area contributed by atoms with Crippen LogP contribution < -0.4 is 15.1 Å². The van der Waals surface area contributed by atoms with Gasteiger partial charge in [0.05, 0.1) is 0 Å². The highest BCUT2D eigenvalue weighted by molar-refractivity contribution is 5.60. The van der Waals surface area contributed by atoms with Gasteiger partial charge in [-0.05, 0) is 75.3 Å². The van der Waals surface area contributed by atoms with Gasteiger partial charge < -0.3 is 15.1 Å². The molecule has 0 saturated carbocycles. The molecule has 1 unspecified atom stereocenters. The fraction of sp³-hybridized carbons (Fsp3) is 0.545. The van der Waals surface area contributed by atoms with Gasteiger partial charge in [0.2, 0.25) is 5.95 Å². The first-order valence-electron chi connectivity index (χ1n) is 10.6. The molecule has 2 aromatic rings. The van der Waals surface area contributed by atoms with E-state index in [0.29, 0.717) is 12.0 Å². The zero-order chi connectivity index (χ0) is 18.5. The van der Waals surface area contributed by atoms with Gasteiger partial charge in [-0.3, -0.25) is 0 Å². The second-order valence-electron chi connectivity index (χ2n) is 7.71. The van der Waals surface area contributed by atoms with Gasteiger partial charge in [0.25, 0.3) is 0 Å². The lowest BCUT2D eigenvalue weighted by Gasteiger charge is -2.36. The molecule has 5 heteroatoms. The Labute approximate surface area is 162 Å². The number of piperidine rings is 2. The number of anilines is 4. The predicted molar refractivity (Wildman–Crippen MR) is 113 cm³/mol. The van der Waals surface area contributed by atoms with E-state index in [2.05, 4.69) is 51.3 Å². The Hall–Kier alpha value is -2.30. The van der Waals surface area contributed by atoms with Crippen molar-refractivity contribution in [2.24, 2.45) is 0 Å². The SMILES string of the molecule is CCC1CCCCN1c1ccnc(Nc2ccc(N3CCCCC3)cc2)n1. The summed E-state index contributed by atoms with van der Waals surface area (Å²) < 4.78 is 0. The summed E-state index contributed by atoms with van der Waals surface area (Å²) in [5.41, 5.74) is 2.35. The van der Waals surface area contributed by atoms with E-state index in [0.717, 1.165) is 18.1 Å². The summed E-state index contributed by atoms with van der Waals surface area (Å²) in [4.78, 5) is 14.2. The molecule has 3 heterocycles. The molecule has 2 aliphatic rings. The zero-order valence-electron chi connectivity index (χ0n) is 16.4. The number of hydrogen-bond acceptors (Lipinski definition) is 5. The van der Waals surface area contributed by atoms with Crippen LogP contribution in [0, 0.1) is 0 Å². The Bertz CT molecular complexity index is 724. The highest BCUT2D eigenvalue weighted by Gasteiger charge is 2.22. The quantitative estimate of drug-likeness (QED) is 0.809. The summed E-state index contributed by atoms with van der Waals surface area (Å²) in [6.07, 6.45) is 10.8. The van der Waals surface area contributed by atoms with Crippen molar-refractivity contribution < 1.29 is 0 Å². The van der Waals surface area contributed by atoms with Gasteiger partial charge in [-0.25, -0.2) is 4.98 Å². The summed E-state index contributed by atoms with van der Waals surface area (Å²) >= 11 is 0. The molecule has 1 atom stereocenters. The van der Waals surface area contributed by atoms with Crippen molar-refractivity contribution in [2.45, 2.75) is 57.9 Å². The molecule has 2 saturated heterocycles. The summed E-state index contributed by atoms with van der Waals surface area (Å²) in [6, 6.07) is 11.3. The van der Waals surface area contributed by atoms with Crippen LogP contribution in [-0.4, -0.2) is 35.6 Å². The lowest BCUT2D eigenvalue weighted by molar-refractivity contribution is 0.447. The first-order chi connectivity index (χ1) is 13.3. The van der Waals surface area contributed by atoms with Crippen molar-refractivity contribution >= 4 is 23.1 Å². The predicted octanol–water partition coefficient (Wildman–Crippen LogP) is 4.98. The Morgan fingerprint density at radius 2 is 1.74 bits per heavy atom. The fourth-order valence-corrected chi connectivity index (χ4v) is 4.33. The maximum atomic E-state index is 4.80. The minimum atomic E-state index is 0.602. The molecular formula is C22H31N5. The summed E-state index contributed by atoms with van der Waals surface area (Å²) in [6.45, 7) is 5.71. The van der Waals surface area contributed by atoms with Crippen LogP contribution >= 0.6 is 0 Å². The number of nitrogens with one attached hydrogen (secondary N) is 1. The van der Waals surface area contributed by atoms with Crippen LogP contribution in [0.15, 0.2) is 36.5 Å². The molecule has 27 heavy (non-hydrogen) atoms. The Kier molecular flexibility index (Phi) is 5.75. The van der Waals surface area contributed by atoms with Gasteiger partial charge in [0.1, 0.15) is 5.82 Å². The summed E-state index contributed by atoms with van der Waals surface area (Å²) in [5.74, 6) is 1.72. The lowest BCUT2D eigenvalue weighted by Crippen LogP contribution is -2.39. The molecule has 0 amide bonds. The Balaban J connectivity index is 1.45. The van der Waals surface area contributed by atoms with Crippen molar-refractivity contribution in [3.05, 3.63) is 36.5 Å². The normalized spacial score (nSPS) is 20.6. The summed E-state index contributed by atoms with van der Waals surface area (Å²) in [7, 11) is 0. The van der Waals surface area contributed by atoms with Gasteiger partial charge in [-0.2, -0.15) is 4.98 Å². The van der Waals surface area contributed by atoms with E-state index in [1.165, 1.54) is 63.7 Å². The van der Waals surface area contributed by atoms with Gasteiger partial charge in [0.15, 0.2) is 0 Å². The first-order valence-corrected chi connectivity index (χ1v) is 10.6. The second-order valence-corrected chi connectivity index (χ2v) is 7.71. The number of benzene rings is 1. The van der Waals surface area contributed by atoms with Gasteiger partial charge in [0, 0.05) is 43.2 Å². The molecule has 0 aliphatic carbocycles. The van der Waals surface area contributed by atoms with Crippen LogP contribution in [0.2, 0.25) is 0 Å². The van der Waals surface area contributed by atoms with Crippen molar-refractivity contribution in [3.63, 3.8) is 0 Å². The standard InChI is InChI=1S/C22H31N5/c1-2-19-8-4-7-17-27(19)21-13-14-23-22(25-21)24-18-9-11-20(12-10-18)26-15-5-3-6-16-26/h9-14,19H,2-8,15-17H2,1H3,(H,23,24,25). The molecule has 1 aromatic carbocycles. The highest BCUT2D eigenvalue weighted by atomic mass is 15.2. The topological polar surface area (TPSA) is 44.3 Å². The van der Waals surface area contributed by atoms with Gasteiger partial charge in [-0.1, -0.05) is 6.92 Å². The molecule has 2 fully saturated rings. The van der Waals surface area contributed by atoms with Crippen LogP contribution in [0.25, 0.3) is 0 Å². The van der Waals surface area contributed by atoms with Gasteiger partial charge in [-0.15, -0.1) is 0 Å². The Morgan fingerprint density at radius 3 is 2.52 bits per heavy atom. The molecule has 4 rings (SSSR count). The molecule has 1 aromatic heterocycles. The third-order valence-corrected chi connectivity index (χ3v) is 5.88. The smallest absolute Gasteiger partial charge is 0.229 e. The van der Waals surface area contributed by atoms with E-state index in [1.807, 2.05) is 12.3 Å². The molecule has 0 radical (unpaired) electrons. The zero-order valence-corrected chi connectivity index (χ0v) is 16.4. The van der Waals surface area contributed by atoms with Crippen LogP contribution in [0.3, 0.4) is 0 Å². The van der Waals surface area contributed by atoms with E-state index in [1.54, 1.807) is 0 Å². The molecule has 144 valence electrons. The number of aromatic nitrogens is 2.